The van der Waals surface area contributed by atoms with Crippen molar-refractivity contribution >= 4 is 6.09 Å². The minimum atomic E-state index is -0.459. The third kappa shape index (κ3) is 3.46. The van der Waals surface area contributed by atoms with Crippen LogP contribution in [0, 0.1) is 0 Å². The summed E-state index contributed by atoms with van der Waals surface area (Å²) in [5.41, 5.74) is 0.953. The van der Waals surface area contributed by atoms with Gasteiger partial charge < -0.3 is 15.2 Å². The quantitative estimate of drug-likeness (QED) is 0.840. The number of benzene rings is 1. The molecule has 17 heavy (non-hydrogen) atoms. The molecule has 1 saturated carbocycles. The van der Waals surface area contributed by atoms with E-state index in [1.54, 1.807) is 0 Å². The van der Waals surface area contributed by atoms with Crippen LogP contribution in [0.15, 0.2) is 30.3 Å². The number of carbonyl (C=O) groups excluding carboxylic acids is 1. The van der Waals surface area contributed by atoms with Crippen molar-refractivity contribution in [2.24, 2.45) is 0 Å². The summed E-state index contributed by atoms with van der Waals surface area (Å²) < 4.78 is 5.08. The molecular weight excluding hydrogens is 218 g/mol. The second-order valence-electron chi connectivity index (χ2n) is 4.31. The van der Waals surface area contributed by atoms with Crippen LogP contribution in [0.2, 0.25) is 0 Å². The highest BCUT2D eigenvalue weighted by atomic mass is 16.5. The Morgan fingerprint density at radius 2 is 2.12 bits per heavy atom. The molecule has 2 N–H and O–H groups in total. The van der Waals surface area contributed by atoms with Crippen molar-refractivity contribution in [1.82, 2.24) is 5.32 Å². The van der Waals surface area contributed by atoms with Crippen LogP contribution in [0.1, 0.15) is 24.8 Å². The predicted octanol–water partition coefficient (Wildman–Crippen LogP) is 1.83. The first-order valence-electron chi connectivity index (χ1n) is 5.91. The lowest BCUT2D eigenvalue weighted by Gasteiger charge is -2.16. The van der Waals surface area contributed by atoms with Crippen LogP contribution < -0.4 is 5.32 Å². The Labute approximate surface area is 101 Å². The zero-order valence-electron chi connectivity index (χ0n) is 9.63. The van der Waals surface area contributed by atoms with E-state index in [0.717, 1.165) is 24.8 Å². The highest BCUT2D eigenvalue weighted by Crippen LogP contribution is 2.18. The van der Waals surface area contributed by atoms with E-state index in [2.05, 4.69) is 5.32 Å². The first-order valence-corrected chi connectivity index (χ1v) is 5.91. The van der Waals surface area contributed by atoms with Gasteiger partial charge in [-0.3, -0.25) is 0 Å². The number of hydrogen-bond donors (Lipinski definition) is 2. The second kappa shape index (κ2) is 5.68. The van der Waals surface area contributed by atoms with Gasteiger partial charge in [-0.1, -0.05) is 30.3 Å². The molecule has 0 aromatic heterocycles. The van der Waals surface area contributed by atoms with E-state index in [0.29, 0.717) is 0 Å². The Morgan fingerprint density at radius 3 is 2.76 bits per heavy atom. The summed E-state index contributed by atoms with van der Waals surface area (Å²) in [6.07, 6.45) is 1.63. The molecule has 4 nitrogen and oxygen atoms in total. The SMILES string of the molecule is O=C(N[C@@H]1CCC[C@@H]1O)OCc1ccccc1. The van der Waals surface area contributed by atoms with Gasteiger partial charge in [0.15, 0.2) is 0 Å². The summed E-state index contributed by atoms with van der Waals surface area (Å²) in [4.78, 5) is 11.5. The van der Waals surface area contributed by atoms with E-state index < -0.39 is 12.2 Å². The molecule has 2 atom stereocenters. The molecule has 0 saturated heterocycles. The molecule has 0 bridgehead atoms. The van der Waals surface area contributed by atoms with E-state index in [9.17, 15) is 9.90 Å². The first-order chi connectivity index (χ1) is 8.25. The van der Waals surface area contributed by atoms with Gasteiger partial charge in [0.2, 0.25) is 0 Å². The Bertz CT molecular complexity index is 366. The van der Waals surface area contributed by atoms with Gasteiger partial charge in [-0.2, -0.15) is 0 Å². The lowest BCUT2D eigenvalue weighted by atomic mass is 10.2. The smallest absolute Gasteiger partial charge is 0.407 e. The number of aliphatic hydroxyl groups is 1. The van der Waals surface area contributed by atoms with E-state index in [1.807, 2.05) is 30.3 Å². The fourth-order valence-corrected chi connectivity index (χ4v) is 2.02. The molecule has 0 heterocycles. The van der Waals surface area contributed by atoms with Crippen molar-refractivity contribution in [3.63, 3.8) is 0 Å². The minimum absolute atomic E-state index is 0.154. The lowest BCUT2D eigenvalue weighted by Crippen LogP contribution is -2.40. The molecule has 0 radical (unpaired) electrons. The van der Waals surface area contributed by atoms with Gasteiger partial charge in [-0.25, -0.2) is 4.79 Å². The third-order valence-electron chi connectivity index (χ3n) is 3.00. The molecule has 0 aliphatic heterocycles. The highest BCUT2D eigenvalue weighted by molar-refractivity contribution is 5.67. The predicted molar refractivity (Wildman–Crippen MR) is 63.4 cm³/mol. The molecule has 0 unspecified atom stereocenters. The number of amides is 1. The van der Waals surface area contributed by atoms with Gasteiger partial charge in [0.25, 0.3) is 0 Å². The van der Waals surface area contributed by atoms with Crippen LogP contribution in [0.25, 0.3) is 0 Å². The zero-order valence-corrected chi connectivity index (χ0v) is 9.63. The summed E-state index contributed by atoms with van der Waals surface area (Å²) in [7, 11) is 0. The van der Waals surface area contributed by atoms with Crippen molar-refractivity contribution < 1.29 is 14.6 Å². The first kappa shape index (κ1) is 11.9. The lowest BCUT2D eigenvalue weighted by molar-refractivity contribution is 0.113. The van der Waals surface area contributed by atoms with Crippen LogP contribution in [0.3, 0.4) is 0 Å². The van der Waals surface area contributed by atoms with Crippen molar-refractivity contribution in [2.45, 2.75) is 38.0 Å². The van der Waals surface area contributed by atoms with Gasteiger partial charge in [0, 0.05) is 0 Å². The number of alkyl carbamates (subject to hydrolysis) is 1. The highest BCUT2D eigenvalue weighted by Gasteiger charge is 2.26. The van der Waals surface area contributed by atoms with Crippen LogP contribution in [0.4, 0.5) is 4.79 Å². The van der Waals surface area contributed by atoms with Crippen LogP contribution >= 0.6 is 0 Å². The largest absolute Gasteiger partial charge is 0.445 e. The number of rotatable bonds is 3. The molecule has 0 spiro atoms. The minimum Gasteiger partial charge on any atom is -0.445 e. The van der Waals surface area contributed by atoms with Crippen molar-refractivity contribution in [3.8, 4) is 0 Å². The molecular formula is C13H17NO3. The molecule has 1 aliphatic rings. The van der Waals surface area contributed by atoms with Crippen LogP contribution in [-0.2, 0) is 11.3 Å². The van der Waals surface area contributed by atoms with Crippen LogP contribution in [-0.4, -0.2) is 23.3 Å². The number of hydrogen-bond acceptors (Lipinski definition) is 3. The average Bonchev–Trinajstić information content (AvgIpc) is 2.74. The molecule has 1 fully saturated rings. The summed E-state index contributed by atoms with van der Waals surface area (Å²) in [5.74, 6) is 0. The second-order valence-corrected chi connectivity index (χ2v) is 4.31. The number of nitrogens with one attached hydrogen (secondary N) is 1. The molecule has 92 valence electrons. The molecule has 4 heteroatoms. The van der Waals surface area contributed by atoms with Gasteiger partial charge in [-0.05, 0) is 24.8 Å². The van der Waals surface area contributed by atoms with E-state index >= 15 is 0 Å². The summed E-state index contributed by atoms with van der Waals surface area (Å²) in [6.45, 7) is 0.259. The maximum Gasteiger partial charge on any atom is 0.407 e. The van der Waals surface area contributed by atoms with Crippen molar-refractivity contribution in [3.05, 3.63) is 35.9 Å². The maximum absolute atomic E-state index is 11.5. The molecule has 1 aromatic rings. The summed E-state index contributed by atoms with van der Waals surface area (Å²) in [5, 5.41) is 12.2. The number of carbonyl (C=O) groups is 1. The Balaban J connectivity index is 1.74. The topological polar surface area (TPSA) is 58.6 Å². The van der Waals surface area contributed by atoms with Crippen molar-refractivity contribution in [1.29, 1.82) is 0 Å². The van der Waals surface area contributed by atoms with E-state index in [-0.39, 0.29) is 12.6 Å². The average molecular weight is 235 g/mol. The molecule has 1 aliphatic carbocycles. The van der Waals surface area contributed by atoms with Gasteiger partial charge in [-0.15, -0.1) is 0 Å². The van der Waals surface area contributed by atoms with Crippen LogP contribution in [0.5, 0.6) is 0 Å². The molecule has 1 aromatic carbocycles. The van der Waals surface area contributed by atoms with E-state index in [4.69, 9.17) is 4.74 Å². The number of aliphatic hydroxyl groups excluding tert-OH is 1. The standard InChI is InChI=1S/C13H17NO3/c15-12-8-4-7-11(12)14-13(16)17-9-10-5-2-1-3-6-10/h1-3,5-6,11-12,15H,4,7-9H2,(H,14,16)/t11-,12+/m1/s1. The normalized spacial score (nSPS) is 23.4. The molecule has 1 amide bonds. The Hall–Kier alpha value is -1.55. The summed E-state index contributed by atoms with van der Waals surface area (Å²) in [6, 6.07) is 9.36. The maximum atomic E-state index is 11.5. The monoisotopic (exact) mass is 235 g/mol. The molecule has 2 rings (SSSR count). The zero-order chi connectivity index (χ0) is 12.1. The third-order valence-corrected chi connectivity index (χ3v) is 3.00. The Morgan fingerprint density at radius 1 is 1.35 bits per heavy atom. The van der Waals surface area contributed by atoms with E-state index in [1.165, 1.54) is 0 Å². The van der Waals surface area contributed by atoms with Crippen molar-refractivity contribution in [2.75, 3.05) is 0 Å². The Kier molecular flexibility index (Phi) is 3.98. The van der Waals surface area contributed by atoms with Gasteiger partial charge in [0.1, 0.15) is 6.61 Å². The fourth-order valence-electron chi connectivity index (χ4n) is 2.02. The summed E-state index contributed by atoms with van der Waals surface area (Å²) >= 11 is 0. The van der Waals surface area contributed by atoms with Gasteiger partial charge in [0.05, 0.1) is 12.1 Å². The number of ether oxygens (including phenoxy) is 1. The fraction of sp³-hybridized carbons (Fsp3) is 0.462. The van der Waals surface area contributed by atoms with Gasteiger partial charge >= 0.3 is 6.09 Å².